The first-order valence-electron chi connectivity index (χ1n) is 20.3. The molecule has 3 saturated heterocycles. The number of nitrogens with one attached hydrogen (secondary N) is 1. The number of aliphatic imine (C=N–C) groups is 1. The SMILES string of the molecule is COc1ccc(C(OC[C@H]2O[C@@H](n3cnc4c(=O)[nH]c(N=CN(C)C)nc43)CC2O[C@H]2O[C@H](c3ccccc3)[C@@H]3CCCN23)(c2ccccc2)c2ccc(OC)cc2)cc1. The lowest BCUT2D eigenvalue weighted by molar-refractivity contribution is -0.224. The molecule has 2 aromatic heterocycles. The summed E-state index contributed by atoms with van der Waals surface area (Å²) < 4.78 is 41.1. The number of hydrogen-bond donors (Lipinski definition) is 1. The van der Waals surface area contributed by atoms with Crippen molar-refractivity contribution in [3.8, 4) is 11.5 Å². The Hall–Kier alpha value is -5.90. The Balaban J connectivity index is 1.10. The molecule has 9 rings (SSSR count). The van der Waals surface area contributed by atoms with Crippen molar-refractivity contribution in [3.63, 3.8) is 0 Å². The minimum Gasteiger partial charge on any atom is -0.497 e. The molecule has 4 aromatic carbocycles. The van der Waals surface area contributed by atoms with Crippen LogP contribution in [-0.4, -0.2) is 102 Å². The number of benzene rings is 4. The van der Waals surface area contributed by atoms with Gasteiger partial charge in [0.05, 0.1) is 39.6 Å². The standard InChI is InChI=1S/C46H49N7O7/c1-51(2)28-48-44-49-42-40(43(54)50-44)47-29-53(42)39-26-37(59-45-52-25-11-16-36(52)41(60-45)30-12-7-5-8-13-30)38(58-39)27-57-46(31-14-9-6-10-15-31,32-17-21-34(55-3)22-18-32)33-19-23-35(56-4)24-20-33/h5-10,12-15,17-24,28-29,36-39,41,45H,11,16,25-27H2,1-4H3,(H,49,50,54)/t36-,37?,38+,39+,41+,45-/m0/s1. The van der Waals surface area contributed by atoms with E-state index in [0.717, 1.165) is 53.1 Å². The van der Waals surface area contributed by atoms with Gasteiger partial charge in [-0.3, -0.25) is 14.3 Å². The van der Waals surface area contributed by atoms with E-state index in [4.69, 9.17) is 33.4 Å². The molecular weight excluding hydrogens is 763 g/mol. The van der Waals surface area contributed by atoms with Gasteiger partial charge in [0, 0.05) is 33.1 Å². The summed E-state index contributed by atoms with van der Waals surface area (Å²) in [7, 11) is 6.99. The van der Waals surface area contributed by atoms with Crippen molar-refractivity contribution in [2.24, 2.45) is 4.99 Å². The van der Waals surface area contributed by atoms with E-state index in [0.29, 0.717) is 12.1 Å². The Morgan fingerprint density at radius 3 is 2.18 bits per heavy atom. The van der Waals surface area contributed by atoms with Crippen LogP contribution in [0.3, 0.4) is 0 Å². The number of aromatic amines is 1. The van der Waals surface area contributed by atoms with Gasteiger partial charge < -0.3 is 33.3 Å². The van der Waals surface area contributed by atoms with Crippen LogP contribution in [0.25, 0.3) is 11.2 Å². The molecule has 310 valence electrons. The number of imidazole rings is 1. The zero-order valence-corrected chi connectivity index (χ0v) is 34.1. The van der Waals surface area contributed by atoms with Gasteiger partial charge in [0.1, 0.15) is 35.5 Å². The second kappa shape index (κ2) is 17.0. The minimum atomic E-state index is -1.09. The van der Waals surface area contributed by atoms with Crippen LogP contribution in [0.1, 0.15) is 53.8 Å². The maximum absolute atomic E-state index is 13.2. The molecule has 5 heterocycles. The van der Waals surface area contributed by atoms with E-state index in [1.54, 1.807) is 36.4 Å². The normalized spacial score (nSPS) is 23.1. The third kappa shape index (κ3) is 7.57. The third-order valence-corrected chi connectivity index (χ3v) is 11.6. The molecule has 0 spiro atoms. The summed E-state index contributed by atoms with van der Waals surface area (Å²) >= 11 is 0. The molecule has 1 unspecified atom stereocenters. The molecule has 0 amide bonds. The van der Waals surface area contributed by atoms with Crippen LogP contribution in [0, 0.1) is 0 Å². The summed E-state index contributed by atoms with van der Waals surface area (Å²) in [5, 5.41) is 0. The van der Waals surface area contributed by atoms with Crippen molar-refractivity contribution in [1.82, 2.24) is 29.3 Å². The predicted octanol–water partition coefficient (Wildman–Crippen LogP) is 6.56. The van der Waals surface area contributed by atoms with Crippen LogP contribution >= 0.6 is 0 Å². The molecule has 0 saturated carbocycles. The van der Waals surface area contributed by atoms with Gasteiger partial charge in [0.25, 0.3) is 5.56 Å². The van der Waals surface area contributed by atoms with Crippen LogP contribution < -0.4 is 15.0 Å². The van der Waals surface area contributed by atoms with Gasteiger partial charge in [-0.15, -0.1) is 0 Å². The Morgan fingerprint density at radius 2 is 1.53 bits per heavy atom. The van der Waals surface area contributed by atoms with Crippen molar-refractivity contribution in [1.29, 1.82) is 0 Å². The van der Waals surface area contributed by atoms with Crippen molar-refractivity contribution in [3.05, 3.63) is 148 Å². The lowest BCUT2D eigenvalue weighted by Gasteiger charge is -2.37. The molecule has 60 heavy (non-hydrogen) atoms. The molecule has 6 atom stereocenters. The zero-order valence-electron chi connectivity index (χ0n) is 34.1. The smallest absolute Gasteiger partial charge is 0.280 e. The fourth-order valence-electron chi connectivity index (χ4n) is 8.70. The van der Waals surface area contributed by atoms with Crippen LogP contribution in [0.5, 0.6) is 11.5 Å². The van der Waals surface area contributed by atoms with Gasteiger partial charge in [-0.25, -0.2) is 14.9 Å². The van der Waals surface area contributed by atoms with Gasteiger partial charge in [0.15, 0.2) is 11.2 Å². The van der Waals surface area contributed by atoms with Gasteiger partial charge in [-0.2, -0.15) is 4.98 Å². The van der Waals surface area contributed by atoms with Crippen molar-refractivity contribution in [2.45, 2.75) is 61.9 Å². The fraction of sp³-hybridized carbons (Fsp3) is 0.348. The second-order valence-corrected chi connectivity index (χ2v) is 15.5. The van der Waals surface area contributed by atoms with E-state index in [9.17, 15) is 4.79 Å². The first-order chi connectivity index (χ1) is 29.3. The summed E-state index contributed by atoms with van der Waals surface area (Å²) in [4.78, 5) is 33.5. The van der Waals surface area contributed by atoms with Crippen LogP contribution in [-0.2, 0) is 24.5 Å². The summed E-state index contributed by atoms with van der Waals surface area (Å²) in [6.45, 7) is 0.976. The molecule has 0 bridgehead atoms. The highest BCUT2D eigenvalue weighted by atomic mass is 16.7. The first kappa shape index (κ1) is 39.6. The number of rotatable bonds is 14. The topological polar surface area (TPSA) is 138 Å². The molecular formula is C46H49N7O7. The van der Waals surface area contributed by atoms with Gasteiger partial charge in [-0.05, 0) is 59.4 Å². The average Bonchev–Trinajstić information content (AvgIpc) is 4.10. The number of H-pyrrole nitrogens is 1. The Labute approximate surface area is 348 Å². The second-order valence-electron chi connectivity index (χ2n) is 15.5. The van der Waals surface area contributed by atoms with Crippen LogP contribution in [0.4, 0.5) is 5.95 Å². The largest absolute Gasteiger partial charge is 0.497 e. The maximum Gasteiger partial charge on any atom is 0.280 e. The number of hydrogen-bond acceptors (Lipinski definition) is 11. The summed E-state index contributed by atoms with van der Waals surface area (Å²) in [6, 6.07) is 36.6. The molecule has 6 aromatic rings. The highest BCUT2D eigenvalue weighted by molar-refractivity contribution is 5.71. The monoisotopic (exact) mass is 811 g/mol. The van der Waals surface area contributed by atoms with E-state index in [1.807, 2.05) is 99.0 Å². The molecule has 0 aliphatic carbocycles. The summed E-state index contributed by atoms with van der Waals surface area (Å²) in [5.74, 6) is 1.62. The highest BCUT2D eigenvalue weighted by Crippen LogP contribution is 2.46. The number of fused-ring (bicyclic) bond motifs is 2. The molecule has 3 aliphatic heterocycles. The third-order valence-electron chi connectivity index (χ3n) is 11.6. The maximum atomic E-state index is 13.2. The number of nitrogens with zero attached hydrogens (tertiary/aromatic N) is 6. The molecule has 3 aliphatic rings. The van der Waals surface area contributed by atoms with Crippen molar-refractivity contribution < 1.29 is 28.4 Å². The highest BCUT2D eigenvalue weighted by Gasteiger charge is 2.50. The molecule has 1 N–H and O–H groups in total. The van der Waals surface area contributed by atoms with Gasteiger partial charge in [-0.1, -0.05) is 84.9 Å². The Bertz CT molecular complexity index is 2410. The lowest BCUT2D eigenvalue weighted by atomic mass is 9.80. The number of ether oxygens (including phenoxy) is 6. The lowest BCUT2D eigenvalue weighted by Crippen LogP contribution is -2.42. The summed E-state index contributed by atoms with van der Waals surface area (Å²) in [5.41, 5.74) is 2.89. The average molecular weight is 812 g/mol. The summed E-state index contributed by atoms with van der Waals surface area (Å²) in [6.07, 6.45) is 3.20. The molecule has 14 nitrogen and oxygen atoms in total. The first-order valence-corrected chi connectivity index (χ1v) is 20.3. The number of aromatic nitrogens is 4. The Morgan fingerprint density at radius 1 is 0.883 bits per heavy atom. The van der Waals surface area contributed by atoms with Crippen molar-refractivity contribution in [2.75, 3.05) is 41.5 Å². The van der Waals surface area contributed by atoms with E-state index in [1.165, 1.54) is 0 Å². The molecule has 0 radical (unpaired) electrons. The molecule has 14 heteroatoms. The predicted molar refractivity (Wildman–Crippen MR) is 225 cm³/mol. The van der Waals surface area contributed by atoms with E-state index >= 15 is 0 Å². The van der Waals surface area contributed by atoms with E-state index in [-0.39, 0.29) is 30.2 Å². The van der Waals surface area contributed by atoms with Crippen molar-refractivity contribution >= 4 is 23.5 Å². The van der Waals surface area contributed by atoms with Gasteiger partial charge in [0.2, 0.25) is 12.4 Å². The number of methoxy groups -OCH3 is 2. The Kier molecular flexibility index (Phi) is 11.2. The van der Waals surface area contributed by atoms with Crippen LogP contribution in [0.15, 0.2) is 125 Å². The zero-order chi connectivity index (χ0) is 41.2. The van der Waals surface area contributed by atoms with E-state index in [2.05, 4.69) is 44.1 Å². The van der Waals surface area contributed by atoms with E-state index < -0.39 is 36.0 Å². The quantitative estimate of drug-likeness (QED) is 0.0728. The van der Waals surface area contributed by atoms with Crippen LogP contribution in [0.2, 0.25) is 0 Å². The minimum absolute atomic E-state index is 0.116. The fourth-order valence-corrected chi connectivity index (χ4v) is 8.70. The molecule has 3 fully saturated rings. The van der Waals surface area contributed by atoms with Gasteiger partial charge >= 0.3 is 0 Å².